The molecule has 0 amide bonds. The van der Waals surface area contributed by atoms with E-state index in [1.165, 1.54) is 12.3 Å². The predicted molar refractivity (Wildman–Crippen MR) is 46.5 cm³/mol. The van der Waals surface area contributed by atoms with Crippen molar-refractivity contribution in [3.8, 4) is 0 Å². The van der Waals surface area contributed by atoms with Crippen molar-refractivity contribution >= 4 is 0 Å². The Morgan fingerprint density at radius 1 is 1.54 bits per heavy atom. The molecule has 0 aliphatic heterocycles. The van der Waals surface area contributed by atoms with Crippen molar-refractivity contribution in [2.24, 2.45) is 5.41 Å². The van der Waals surface area contributed by atoms with E-state index in [9.17, 15) is 9.50 Å². The predicted octanol–water partition coefficient (Wildman–Crippen LogP) is 2.05. The molecule has 1 N–H and O–H groups in total. The van der Waals surface area contributed by atoms with Crippen LogP contribution in [0, 0.1) is 11.2 Å². The fourth-order valence-electron chi connectivity index (χ4n) is 1.45. The lowest BCUT2D eigenvalue weighted by Gasteiger charge is -2.17. The quantitative estimate of drug-likeness (QED) is 0.757. The Morgan fingerprint density at radius 3 is 2.77 bits per heavy atom. The van der Waals surface area contributed by atoms with Gasteiger partial charge in [-0.05, 0) is 24.3 Å². The summed E-state index contributed by atoms with van der Waals surface area (Å²) in [7, 11) is 0. The minimum atomic E-state index is -0.573. The van der Waals surface area contributed by atoms with Crippen molar-refractivity contribution < 1.29 is 9.50 Å². The van der Waals surface area contributed by atoms with E-state index in [1.54, 1.807) is 0 Å². The first-order valence-electron chi connectivity index (χ1n) is 4.40. The molecule has 1 fully saturated rings. The van der Waals surface area contributed by atoms with Gasteiger partial charge in [0.15, 0.2) is 0 Å². The lowest BCUT2D eigenvalue weighted by Crippen LogP contribution is -2.10. The number of hydrogen-bond donors (Lipinski definition) is 1. The van der Waals surface area contributed by atoms with Crippen LogP contribution < -0.4 is 0 Å². The number of pyridine rings is 1. The Balaban J connectivity index is 2.25. The fraction of sp³-hybridized carbons (Fsp3) is 0.500. The number of aliphatic hydroxyl groups excluding tert-OH is 1. The van der Waals surface area contributed by atoms with Crippen molar-refractivity contribution in [1.29, 1.82) is 0 Å². The van der Waals surface area contributed by atoms with E-state index in [1.807, 2.05) is 6.92 Å². The average Bonchev–Trinajstić information content (AvgIpc) is 2.84. The number of halogens is 1. The number of hydrogen-bond acceptors (Lipinski definition) is 2. The molecule has 0 spiro atoms. The van der Waals surface area contributed by atoms with E-state index in [-0.39, 0.29) is 11.2 Å². The van der Waals surface area contributed by atoms with E-state index in [0.717, 1.165) is 19.0 Å². The molecule has 1 saturated carbocycles. The van der Waals surface area contributed by atoms with E-state index >= 15 is 0 Å². The summed E-state index contributed by atoms with van der Waals surface area (Å²) in [6.45, 7) is 2.00. The van der Waals surface area contributed by atoms with Gasteiger partial charge >= 0.3 is 0 Å². The summed E-state index contributed by atoms with van der Waals surface area (Å²) in [5.74, 6) is -0.388. The van der Waals surface area contributed by atoms with Crippen molar-refractivity contribution in [2.45, 2.75) is 25.9 Å². The number of aliphatic hydroxyl groups is 1. The molecule has 0 bridgehead atoms. The van der Waals surface area contributed by atoms with Gasteiger partial charge in [0.05, 0.1) is 12.3 Å². The van der Waals surface area contributed by atoms with Gasteiger partial charge < -0.3 is 5.11 Å². The summed E-state index contributed by atoms with van der Waals surface area (Å²) in [6, 6.07) is 1.35. The Hall–Kier alpha value is -0.960. The van der Waals surface area contributed by atoms with Crippen LogP contribution in [-0.2, 0) is 0 Å². The molecule has 0 saturated heterocycles. The van der Waals surface area contributed by atoms with Gasteiger partial charge in [0, 0.05) is 11.8 Å². The highest BCUT2D eigenvalue weighted by Gasteiger charge is 2.44. The first kappa shape index (κ1) is 8.63. The van der Waals surface area contributed by atoms with Crippen LogP contribution in [0.15, 0.2) is 18.5 Å². The Labute approximate surface area is 76.4 Å². The molecule has 1 aliphatic rings. The highest BCUT2D eigenvalue weighted by Crippen LogP contribution is 2.54. The topological polar surface area (TPSA) is 33.1 Å². The lowest BCUT2D eigenvalue weighted by atomic mass is 9.96. The minimum Gasteiger partial charge on any atom is -0.388 e. The van der Waals surface area contributed by atoms with Crippen molar-refractivity contribution in [3.05, 3.63) is 29.8 Å². The zero-order valence-electron chi connectivity index (χ0n) is 7.50. The molecule has 70 valence electrons. The zero-order chi connectivity index (χ0) is 9.47. The van der Waals surface area contributed by atoms with E-state index in [2.05, 4.69) is 4.98 Å². The summed E-state index contributed by atoms with van der Waals surface area (Å²) in [6.07, 6.45) is 4.11. The number of rotatable bonds is 2. The van der Waals surface area contributed by atoms with Crippen LogP contribution >= 0.6 is 0 Å². The van der Waals surface area contributed by atoms with Crippen molar-refractivity contribution in [2.75, 3.05) is 0 Å². The van der Waals surface area contributed by atoms with Gasteiger partial charge in [-0.15, -0.1) is 0 Å². The second-order valence-electron chi connectivity index (χ2n) is 3.99. The largest absolute Gasteiger partial charge is 0.388 e. The van der Waals surface area contributed by atoms with Gasteiger partial charge in [0.2, 0.25) is 0 Å². The first-order chi connectivity index (χ1) is 6.12. The zero-order valence-corrected chi connectivity index (χ0v) is 7.50. The third kappa shape index (κ3) is 1.56. The van der Waals surface area contributed by atoms with Gasteiger partial charge in [-0.1, -0.05) is 6.92 Å². The SMILES string of the molecule is CC1(C(O)c2cncc(F)c2)CC1. The summed E-state index contributed by atoms with van der Waals surface area (Å²) in [5.41, 5.74) is 0.537. The molecule has 3 heteroatoms. The van der Waals surface area contributed by atoms with E-state index in [4.69, 9.17) is 0 Å². The highest BCUT2D eigenvalue weighted by atomic mass is 19.1. The normalized spacial score (nSPS) is 21.2. The number of nitrogens with zero attached hydrogens (tertiary/aromatic N) is 1. The molecular formula is C10H12FNO. The van der Waals surface area contributed by atoms with Gasteiger partial charge in [0.1, 0.15) is 5.82 Å². The molecule has 1 aromatic heterocycles. The minimum absolute atomic E-state index is 0.0462. The van der Waals surface area contributed by atoms with Gasteiger partial charge in [0.25, 0.3) is 0 Å². The highest BCUT2D eigenvalue weighted by molar-refractivity contribution is 5.18. The molecule has 2 nitrogen and oxygen atoms in total. The average molecular weight is 181 g/mol. The van der Waals surface area contributed by atoms with Crippen LogP contribution in [0.3, 0.4) is 0 Å². The Kier molecular flexibility index (Phi) is 1.84. The van der Waals surface area contributed by atoms with Crippen LogP contribution in [-0.4, -0.2) is 10.1 Å². The van der Waals surface area contributed by atoms with Gasteiger partial charge in [-0.3, -0.25) is 4.98 Å². The maximum absolute atomic E-state index is 12.8. The smallest absolute Gasteiger partial charge is 0.141 e. The number of aromatic nitrogens is 1. The maximum Gasteiger partial charge on any atom is 0.141 e. The summed E-state index contributed by atoms with van der Waals surface area (Å²) >= 11 is 0. The molecule has 2 rings (SSSR count). The van der Waals surface area contributed by atoms with Crippen molar-refractivity contribution in [1.82, 2.24) is 4.98 Å². The van der Waals surface area contributed by atoms with E-state index in [0.29, 0.717) is 5.56 Å². The Bertz CT molecular complexity index is 322. The molecule has 1 heterocycles. The third-order valence-electron chi connectivity index (χ3n) is 2.74. The van der Waals surface area contributed by atoms with Gasteiger partial charge in [-0.25, -0.2) is 4.39 Å². The summed E-state index contributed by atoms with van der Waals surface area (Å²) < 4.78 is 12.8. The first-order valence-corrected chi connectivity index (χ1v) is 4.40. The molecular weight excluding hydrogens is 169 g/mol. The summed E-state index contributed by atoms with van der Waals surface area (Å²) in [5, 5.41) is 9.84. The van der Waals surface area contributed by atoms with Gasteiger partial charge in [-0.2, -0.15) is 0 Å². The molecule has 1 atom stereocenters. The van der Waals surface area contributed by atoms with Crippen LogP contribution in [0.4, 0.5) is 4.39 Å². The van der Waals surface area contributed by atoms with E-state index < -0.39 is 6.10 Å². The second-order valence-corrected chi connectivity index (χ2v) is 3.99. The lowest BCUT2D eigenvalue weighted by molar-refractivity contribution is 0.103. The Morgan fingerprint density at radius 2 is 2.23 bits per heavy atom. The molecule has 0 aromatic carbocycles. The van der Waals surface area contributed by atoms with Crippen LogP contribution in [0.2, 0.25) is 0 Å². The van der Waals surface area contributed by atoms with Crippen LogP contribution in [0.25, 0.3) is 0 Å². The second kappa shape index (κ2) is 2.77. The van der Waals surface area contributed by atoms with Crippen LogP contribution in [0.5, 0.6) is 0 Å². The molecule has 0 radical (unpaired) electrons. The standard InChI is InChI=1S/C10H12FNO/c1-10(2-3-10)9(13)7-4-8(11)6-12-5-7/h4-6,9,13H,2-3H2,1H3. The molecule has 1 aromatic rings. The van der Waals surface area contributed by atoms with Crippen LogP contribution in [0.1, 0.15) is 31.4 Å². The maximum atomic E-state index is 12.8. The molecule has 1 unspecified atom stereocenters. The monoisotopic (exact) mass is 181 g/mol. The molecule has 13 heavy (non-hydrogen) atoms. The van der Waals surface area contributed by atoms with Crippen molar-refractivity contribution in [3.63, 3.8) is 0 Å². The third-order valence-corrected chi connectivity index (χ3v) is 2.74. The fourth-order valence-corrected chi connectivity index (χ4v) is 1.45. The summed E-state index contributed by atoms with van der Waals surface area (Å²) in [4.78, 5) is 3.71. The molecule has 1 aliphatic carbocycles.